The second-order valence-corrected chi connectivity index (χ2v) is 7.71. The monoisotopic (exact) mass is 345 g/mol. The highest BCUT2D eigenvalue weighted by Crippen LogP contribution is 2.30. The molecule has 19 heavy (non-hydrogen) atoms. The summed E-state index contributed by atoms with van der Waals surface area (Å²) in [6.45, 7) is 4.29. The van der Waals surface area contributed by atoms with Gasteiger partial charge in [-0.1, -0.05) is 6.92 Å². The zero-order valence-corrected chi connectivity index (χ0v) is 14.1. The van der Waals surface area contributed by atoms with Gasteiger partial charge in [0.1, 0.15) is 0 Å². The topological polar surface area (TPSA) is 21.3 Å². The van der Waals surface area contributed by atoms with Crippen LogP contribution in [0.15, 0.2) is 15.9 Å². The van der Waals surface area contributed by atoms with Gasteiger partial charge in [0.2, 0.25) is 0 Å². The van der Waals surface area contributed by atoms with E-state index in [0.717, 1.165) is 13.2 Å². The molecule has 0 spiro atoms. The Balaban J connectivity index is 1.79. The summed E-state index contributed by atoms with van der Waals surface area (Å²) in [5.41, 5.74) is 0. The number of nitrogens with one attached hydrogen (secondary N) is 1. The van der Waals surface area contributed by atoms with Crippen molar-refractivity contribution < 1.29 is 4.74 Å². The van der Waals surface area contributed by atoms with E-state index < -0.39 is 0 Å². The van der Waals surface area contributed by atoms with Gasteiger partial charge in [0, 0.05) is 17.5 Å². The Morgan fingerprint density at radius 2 is 2.42 bits per heavy atom. The maximum Gasteiger partial charge on any atom is 0.0701 e. The molecule has 1 aliphatic heterocycles. The molecule has 2 heterocycles. The summed E-state index contributed by atoms with van der Waals surface area (Å²) < 4.78 is 6.93. The van der Waals surface area contributed by atoms with Crippen molar-refractivity contribution in [3.63, 3.8) is 0 Å². The Morgan fingerprint density at radius 3 is 3.05 bits per heavy atom. The smallest absolute Gasteiger partial charge is 0.0701 e. The van der Waals surface area contributed by atoms with Crippen LogP contribution in [0.1, 0.15) is 56.4 Å². The highest BCUT2D eigenvalue weighted by molar-refractivity contribution is 9.11. The van der Waals surface area contributed by atoms with Gasteiger partial charge in [0.15, 0.2) is 0 Å². The molecule has 0 saturated carbocycles. The summed E-state index contributed by atoms with van der Waals surface area (Å²) in [4.78, 5) is 1.45. The summed E-state index contributed by atoms with van der Waals surface area (Å²) in [5.74, 6) is 0. The van der Waals surface area contributed by atoms with Gasteiger partial charge in [-0.05, 0) is 73.1 Å². The van der Waals surface area contributed by atoms with Gasteiger partial charge in [-0.3, -0.25) is 0 Å². The fourth-order valence-corrected chi connectivity index (χ4v) is 4.13. The first-order chi connectivity index (χ1) is 9.29. The van der Waals surface area contributed by atoms with Crippen LogP contribution in [-0.4, -0.2) is 19.3 Å². The number of hydrogen-bond acceptors (Lipinski definition) is 3. The van der Waals surface area contributed by atoms with Gasteiger partial charge in [-0.25, -0.2) is 0 Å². The van der Waals surface area contributed by atoms with Crippen LogP contribution in [0.3, 0.4) is 0 Å². The van der Waals surface area contributed by atoms with E-state index in [2.05, 4.69) is 40.3 Å². The van der Waals surface area contributed by atoms with Gasteiger partial charge in [-0.2, -0.15) is 0 Å². The average molecular weight is 346 g/mol. The Hall–Kier alpha value is 0.1000. The standard InChI is InChI=1S/C15H24BrNOS/c1-2-10-17-13(14-8-9-15(16)19-14)7-3-5-12-6-4-11-18-12/h8-9,12-13,17H,2-7,10-11H2,1H3. The molecule has 2 nitrogen and oxygen atoms in total. The number of hydrogen-bond donors (Lipinski definition) is 1. The molecule has 1 N–H and O–H groups in total. The summed E-state index contributed by atoms with van der Waals surface area (Å²) in [7, 11) is 0. The highest BCUT2D eigenvalue weighted by Gasteiger charge is 2.17. The molecule has 1 aliphatic rings. The van der Waals surface area contributed by atoms with E-state index in [-0.39, 0.29) is 0 Å². The van der Waals surface area contributed by atoms with Gasteiger partial charge in [0.25, 0.3) is 0 Å². The van der Waals surface area contributed by atoms with Crippen molar-refractivity contribution in [2.24, 2.45) is 0 Å². The third-order valence-corrected chi connectivity index (χ3v) is 5.36. The van der Waals surface area contributed by atoms with Crippen LogP contribution in [0.5, 0.6) is 0 Å². The van der Waals surface area contributed by atoms with E-state index in [1.54, 1.807) is 0 Å². The first-order valence-electron chi connectivity index (χ1n) is 7.40. The van der Waals surface area contributed by atoms with Crippen LogP contribution in [-0.2, 0) is 4.74 Å². The van der Waals surface area contributed by atoms with E-state index in [4.69, 9.17) is 4.74 Å². The largest absolute Gasteiger partial charge is 0.378 e. The fourth-order valence-electron chi connectivity index (χ4n) is 2.60. The van der Waals surface area contributed by atoms with Crippen molar-refractivity contribution in [1.29, 1.82) is 0 Å². The number of rotatable bonds is 8. The van der Waals surface area contributed by atoms with Gasteiger partial charge in [0.05, 0.1) is 9.89 Å². The summed E-state index contributed by atoms with van der Waals surface area (Å²) in [6.07, 6.45) is 7.92. The molecule has 0 aromatic carbocycles. The molecule has 4 heteroatoms. The molecular formula is C15H24BrNOS. The lowest BCUT2D eigenvalue weighted by Gasteiger charge is -2.18. The maximum absolute atomic E-state index is 5.70. The Bertz CT molecular complexity index is 363. The minimum Gasteiger partial charge on any atom is -0.378 e. The first kappa shape index (κ1) is 15.5. The number of ether oxygens (including phenoxy) is 1. The fraction of sp³-hybridized carbons (Fsp3) is 0.733. The van der Waals surface area contributed by atoms with Crippen LogP contribution < -0.4 is 5.32 Å². The lowest BCUT2D eigenvalue weighted by molar-refractivity contribution is 0.101. The highest BCUT2D eigenvalue weighted by atomic mass is 79.9. The van der Waals surface area contributed by atoms with E-state index >= 15 is 0 Å². The molecule has 1 saturated heterocycles. The molecule has 2 atom stereocenters. The van der Waals surface area contributed by atoms with Crippen molar-refractivity contribution in [2.45, 2.75) is 57.6 Å². The third kappa shape index (κ3) is 5.18. The molecule has 1 aromatic rings. The molecular weight excluding hydrogens is 322 g/mol. The maximum atomic E-state index is 5.70. The van der Waals surface area contributed by atoms with Crippen LogP contribution >= 0.6 is 27.3 Å². The molecule has 1 fully saturated rings. The van der Waals surface area contributed by atoms with Crippen molar-refractivity contribution >= 4 is 27.3 Å². The van der Waals surface area contributed by atoms with Crippen LogP contribution in [0, 0.1) is 0 Å². The minimum absolute atomic E-state index is 0.512. The molecule has 108 valence electrons. The second kappa shape index (κ2) is 8.40. The Labute approximate surface area is 129 Å². The van der Waals surface area contributed by atoms with Crippen LogP contribution in [0.25, 0.3) is 0 Å². The van der Waals surface area contributed by atoms with E-state index in [9.17, 15) is 0 Å². The van der Waals surface area contributed by atoms with E-state index in [1.165, 1.54) is 47.2 Å². The zero-order valence-electron chi connectivity index (χ0n) is 11.7. The average Bonchev–Trinajstić information content (AvgIpc) is 3.05. The molecule has 2 rings (SSSR count). The van der Waals surface area contributed by atoms with Crippen molar-refractivity contribution in [3.05, 3.63) is 20.8 Å². The van der Waals surface area contributed by atoms with Crippen molar-refractivity contribution in [1.82, 2.24) is 5.32 Å². The van der Waals surface area contributed by atoms with Gasteiger partial charge in [-0.15, -0.1) is 11.3 Å². The lowest BCUT2D eigenvalue weighted by Crippen LogP contribution is -2.21. The first-order valence-corrected chi connectivity index (χ1v) is 9.00. The Morgan fingerprint density at radius 1 is 1.53 bits per heavy atom. The Kier molecular flexibility index (Phi) is 6.85. The lowest BCUT2D eigenvalue weighted by atomic mass is 10.0. The molecule has 0 radical (unpaired) electrons. The number of halogens is 1. The van der Waals surface area contributed by atoms with Gasteiger partial charge < -0.3 is 10.1 Å². The van der Waals surface area contributed by atoms with E-state index in [1.807, 2.05) is 11.3 Å². The normalized spacial score (nSPS) is 20.8. The minimum atomic E-state index is 0.512. The van der Waals surface area contributed by atoms with Gasteiger partial charge >= 0.3 is 0 Å². The molecule has 2 unspecified atom stereocenters. The SMILES string of the molecule is CCCNC(CCCC1CCCO1)c1ccc(Br)s1. The van der Waals surface area contributed by atoms with Crippen LogP contribution in [0.2, 0.25) is 0 Å². The van der Waals surface area contributed by atoms with E-state index in [0.29, 0.717) is 12.1 Å². The summed E-state index contributed by atoms with van der Waals surface area (Å²) in [6, 6.07) is 4.91. The van der Waals surface area contributed by atoms with Crippen LogP contribution in [0.4, 0.5) is 0 Å². The predicted octanol–water partition coefficient (Wildman–Crippen LogP) is 4.90. The predicted molar refractivity (Wildman–Crippen MR) is 85.9 cm³/mol. The second-order valence-electron chi connectivity index (χ2n) is 5.21. The molecule has 0 amide bonds. The summed E-state index contributed by atoms with van der Waals surface area (Å²) >= 11 is 5.41. The van der Waals surface area contributed by atoms with Crippen molar-refractivity contribution in [2.75, 3.05) is 13.2 Å². The summed E-state index contributed by atoms with van der Waals surface area (Å²) in [5, 5.41) is 3.67. The van der Waals surface area contributed by atoms with Crippen molar-refractivity contribution in [3.8, 4) is 0 Å². The molecule has 0 aliphatic carbocycles. The molecule has 1 aromatic heterocycles. The zero-order chi connectivity index (χ0) is 13.5. The third-order valence-electron chi connectivity index (χ3n) is 3.62. The molecule has 0 bridgehead atoms. The number of thiophene rings is 1. The quantitative estimate of drug-likeness (QED) is 0.723.